The van der Waals surface area contributed by atoms with E-state index in [1.54, 1.807) is 0 Å². The molecule has 1 nitrogen and oxygen atoms in total. The van der Waals surface area contributed by atoms with Gasteiger partial charge in [-0.3, -0.25) is 4.90 Å². The van der Waals surface area contributed by atoms with E-state index in [0.717, 1.165) is 0 Å². The summed E-state index contributed by atoms with van der Waals surface area (Å²) in [5.41, 5.74) is 0.376. The first-order valence-electron chi connectivity index (χ1n) is 18.3. The van der Waals surface area contributed by atoms with Crippen molar-refractivity contribution in [1.29, 1.82) is 0 Å². The molecule has 0 atom stereocenters. The van der Waals surface area contributed by atoms with Gasteiger partial charge in [-0.25, -0.2) is 0 Å². The standard InChI is InChI=1S/C37H77N/c1-6-9-12-15-18-21-23-26-29-32-35-38(36-33-30-27-24-22-19-16-13-10-7-2)37(4,5)34-31-28-25-20-17-14-11-8-3/h6-36H2,1-5H3. The van der Waals surface area contributed by atoms with E-state index in [1.165, 1.54) is 199 Å². The molecule has 0 aliphatic heterocycles. The predicted molar refractivity (Wildman–Crippen MR) is 177 cm³/mol. The maximum Gasteiger partial charge on any atom is 0.0153 e. The zero-order valence-electron chi connectivity index (χ0n) is 27.9. The number of hydrogen-bond donors (Lipinski definition) is 0. The van der Waals surface area contributed by atoms with Crippen molar-refractivity contribution in [2.24, 2.45) is 0 Å². The first kappa shape index (κ1) is 38.0. The fourth-order valence-electron chi connectivity index (χ4n) is 6.15. The van der Waals surface area contributed by atoms with Crippen LogP contribution in [-0.2, 0) is 0 Å². The Morgan fingerprint density at radius 3 is 0.842 bits per heavy atom. The summed E-state index contributed by atoms with van der Waals surface area (Å²) in [4.78, 5) is 2.91. The molecule has 1 heteroatoms. The van der Waals surface area contributed by atoms with Gasteiger partial charge < -0.3 is 0 Å². The summed E-state index contributed by atoms with van der Waals surface area (Å²) in [6, 6.07) is 0. The quantitative estimate of drug-likeness (QED) is 0.0774. The Kier molecular flexibility index (Phi) is 29.9. The third kappa shape index (κ3) is 26.2. The van der Waals surface area contributed by atoms with Gasteiger partial charge in [-0.05, 0) is 46.2 Å². The van der Waals surface area contributed by atoms with E-state index < -0.39 is 0 Å². The van der Waals surface area contributed by atoms with E-state index in [-0.39, 0.29) is 0 Å². The molecule has 0 spiro atoms. The van der Waals surface area contributed by atoms with Crippen molar-refractivity contribution < 1.29 is 0 Å². The second-order valence-electron chi connectivity index (χ2n) is 13.4. The highest BCUT2D eigenvalue weighted by molar-refractivity contribution is 4.81. The van der Waals surface area contributed by atoms with Crippen LogP contribution in [0, 0.1) is 0 Å². The minimum Gasteiger partial charge on any atom is -0.298 e. The number of hydrogen-bond acceptors (Lipinski definition) is 1. The van der Waals surface area contributed by atoms with Gasteiger partial charge in [0.15, 0.2) is 0 Å². The van der Waals surface area contributed by atoms with Crippen molar-refractivity contribution in [1.82, 2.24) is 4.90 Å². The van der Waals surface area contributed by atoms with Crippen LogP contribution in [0.5, 0.6) is 0 Å². The van der Waals surface area contributed by atoms with Gasteiger partial charge in [-0.15, -0.1) is 0 Å². The molecule has 0 aromatic carbocycles. The molecule has 0 aliphatic rings. The monoisotopic (exact) mass is 536 g/mol. The van der Waals surface area contributed by atoms with Gasteiger partial charge in [0, 0.05) is 5.54 Å². The molecule has 0 bridgehead atoms. The Bertz CT molecular complexity index is 404. The third-order valence-corrected chi connectivity index (χ3v) is 9.06. The van der Waals surface area contributed by atoms with Crippen LogP contribution >= 0.6 is 0 Å². The van der Waals surface area contributed by atoms with Gasteiger partial charge in [0.1, 0.15) is 0 Å². The Hall–Kier alpha value is -0.0400. The van der Waals surface area contributed by atoms with Gasteiger partial charge >= 0.3 is 0 Å². The minimum absolute atomic E-state index is 0.376. The lowest BCUT2D eigenvalue weighted by Crippen LogP contribution is -2.45. The SMILES string of the molecule is CCCCCCCCCCCCN(CCCCCCCCCCCC)C(C)(C)CCCCCCCCCC. The minimum atomic E-state index is 0.376. The van der Waals surface area contributed by atoms with Crippen molar-refractivity contribution in [3.05, 3.63) is 0 Å². The van der Waals surface area contributed by atoms with Crippen molar-refractivity contribution in [3.8, 4) is 0 Å². The second-order valence-corrected chi connectivity index (χ2v) is 13.4. The van der Waals surface area contributed by atoms with Gasteiger partial charge in [0.25, 0.3) is 0 Å². The maximum absolute atomic E-state index is 2.91. The molecule has 38 heavy (non-hydrogen) atoms. The van der Waals surface area contributed by atoms with Crippen LogP contribution < -0.4 is 0 Å². The average Bonchev–Trinajstić information content (AvgIpc) is 2.91. The zero-order valence-corrected chi connectivity index (χ0v) is 27.9. The van der Waals surface area contributed by atoms with Crippen LogP contribution in [0.3, 0.4) is 0 Å². The number of rotatable bonds is 32. The van der Waals surface area contributed by atoms with E-state index in [2.05, 4.69) is 39.5 Å². The second kappa shape index (κ2) is 29.9. The zero-order chi connectivity index (χ0) is 28.0. The predicted octanol–water partition coefficient (Wildman–Crippen LogP) is 13.4. The summed E-state index contributed by atoms with van der Waals surface area (Å²) in [5, 5.41) is 0. The molecule has 0 fully saturated rings. The first-order chi connectivity index (χ1) is 18.6. The molecule has 0 saturated heterocycles. The molecular weight excluding hydrogens is 458 g/mol. The van der Waals surface area contributed by atoms with Crippen LogP contribution in [-0.4, -0.2) is 23.5 Å². The molecule has 0 unspecified atom stereocenters. The summed E-state index contributed by atoms with van der Waals surface area (Å²) >= 11 is 0. The van der Waals surface area contributed by atoms with Crippen molar-refractivity contribution in [2.75, 3.05) is 13.1 Å². The molecule has 230 valence electrons. The summed E-state index contributed by atoms with van der Waals surface area (Å²) in [5.74, 6) is 0. The molecule has 0 radical (unpaired) electrons. The average molecular weight is 536 g/mol. The summed E-state index contributed by atoms with van der Waals surface area (Å²) < 4.78 is 0. The number of nitrogens with zero attached hydrogens (tertiary/aromatic N) is 1. The van der Waals surface area contributed by atoms with E-state index in [0.29, 0.717) is 5.54 Å². The van der Waals surface area contributed by atoms with Gasteiger partial charge in [0.2, 0.25) is 0 Å². The summed E-state index contributed by atoms with van der Waals surface area (Å²) in [7, 11) is 0. The molecule has 0 heterocycles. The van der Waals surface area contributed by atoms with E-state index in [4.69, 9.17) is 0 Å². The highest BCUT2D eigenvalue weighted by atomic mass is 15.2. The summed E-state index contributed by atoms with van der Waals surface area (Å²) in [6.45, 7) is 14.7. The molecule has 0 amide bonds. The van der Waals surface area contributed by atoms with Crippen molar-refractivity contribution in [2.45, 2.75) is 226 Å². The molecule has 0 N–H and O–H groups in total. The van der Waals surface area contributed by atoms with Crippen LogP contribution in [0.1, 0.15) is 221 Å². The van der Waals surface area contributed by atoms with E-state index in [9.17, 15) is 0 Å². The number of unbranched alkanes of at least 4 members (excludes halogenated alkanes) is 25. The Morgan fingerprint density at radius 1 is 0.316 bits per heavy atom. The maximum atomic E-state index is 2.91. The molecular formula is C37H77N. The fraction of sp³-hybridized carbons (Fsp3) is 1.00. The smallest absolute Gasteiger partial charge is 0.0153 e. The van der Waals surface area contributed by atoms with Gasteiger partial charge in [-0.2, -0.15) is 0 Å². The van der Waals surface area contributed by atoms with Crippen LogP contribution in [0.4, 0.5) is 0 Å². The molecule has 0 aliphatic carbocycles. The third-order valence-electron chi connectivity index (χ3n) is 9.06. The fourth-order valence-corrected chi connectivity index (χ4v) is 6.15. The van der Waals surface area contributed by atoms with Gasteiger partial charge in [0.05, 0.1) is 0 Å². The van der Waals surface area contributed by atoms with Crippen LogP contribution in [0.15, 0.2) is 0 Å². The topological polar surface area (TPSA) is 3.24 Å². The highest BCUT2D eigenvalue weighted by Crippen LogP contribution is 2.25. The largest absolute Gasteiger partial charge is 0.298 e. The lowest BCUT2D eigenvalue weighted by atomic mass is 9.92. The summed E-state index contributed by atoms with van der Waals surface area (Å²) in [6.07, 6.45) is 41.7. The first-order valence-corrected chi connectivity index (χ1v) is 18.3. The van der Waals surface area contributed by atoms with E-state index in [1.807, 2.05) is 0 Å². The molecule has 0 aromatic rings. The highest BCUT2D eigenvalue weighted by Gasteiger charge is 2.25. The van der Waals surface area contributed by atoms with Crippen molar-refractivity contribution >= 4 is 0 Å². The lowest BCUT2D eigenvalue weighted by molar-refractivity contribution is 0.102. The van der Waals surface area contributed by atoms with Gasteiger partial charge in [-0.1, -0.05) is 188 Å². The molecule has 0 aromatic heterocycles. The molecule has 0 rings (SSSR count). The Labute approximate surface area is 244 Å². The van der Waals surface area contributed by atoms with E-state index >= 15 is 0 Å². The van der Waals surface area contributed by atoms with Crippen LogP contribution in [0.25, 0.3) is 0 Å². The Balaban J connectivity index is 4.22. The normalized spacial score (nSPS) is 12.2. The van der Waals surface area contributed by atoms with Crippen LogP contribution in [0.2, 0.25) is 0 Å². The molecule has 0 saturated carbocycles. The lowest BCUT2D eigenvalue weighted by Gasteiger charge is -2.39. The Morgan fingerprint density at radius 2 is 0.553 bits per heavy atom. The van der Waals surface area contributed by atoms with Crippen molar-refractivity contribution in [3.63, 3.8) is 0 Å².